The van der Waals surface area contributed by atoms with Gasteiger partial charge < -0.3 is 20.3 Å². The Hall–Kier alpha value is -1.18. The second kappa shape index (κ2) is 7.20. The van der Waals surface area contributed by atoms with Crippen molar-refractivity contribution in [3.8, 4) is 0 Å². The Kier molecular flexibility index (Phi) is 6.12. The van der Waals surface area contributed by atoms with Crippen LogP contribution in [0.1, 0.15) is 32.4 Å². The number of hydrogen-bond acceptors (Lipinski definition) is 4. The number of carbonyl (C=O) groups excluding carboxylic acids is 1. The maximum Gasteiger partial charge on any atom is 0.407 e. The highest BCUT2D eigenvalue weighted by Gasteiger charge is 2.25. The van der Waals surface area contributed by atoms with E-state index in [4.69, 9.17) is 4.74 Å². The number of rotatable bonds is 4. The van der Waals surface area contributed by atoms with Gasteiger partial charge in [-0.1, -0.05) is 22.0 Å². The van der Waals surface area contributed by atoms with Crippen molar-refractivity contribution in [3.05, 3.63) is 34.1 Å². The minimum Gasteiger partial charge on any atom is -0.444 e. The molecule has 0 saturated carbocycles. The highest BCUT2D eigenvalue weighted by atomic mass is 79.9. The number of alkyl carbamates (subject to hydrolysis) is 1. The molecule has 0 spiro atoms. The zero-order valence-corrected chi connectivity index (χ0v) is 13.6. The number of halogens is 2. The van der Waals surface area contributed by atoms with E-state index in [9.17, 15) is 19.4 Å². The van der Waals surface area contributed by atoms with Crippen LogP contribution in [-0.2, 0) is 4.74 Å². The molecule has 1 aromatic carbocycles. The van der Waals surface area contributed by atoms with Gasteiger partial charge in [-0.2, -0.15) is 0 Å². The van der Waals surface area contributed by atoms with Crippen LogP contribution in [0.15, 0.2) is 22.7 Å². The first-order valence-corrected chi connectivity index (χ1v) is 7.18. The van der Waals surface area contributed by atoms with Gasteiger partial charge in [-0.15, -0.1) is 0 Å². The number of aliphatic hydroxyl groups is 2. The van der Waals surface area contributed by atoms with Crippen LogP contribution in [0, 0.1) is 5.82 Å². The summed E-state index contributed by atoms with van der Waals surface area (Å²) in [5.41, 5.74) is -0.724. The van der Waals surface area contributed by atoms with E-state index < -0.39 is 29.7 Å². The third kappa shape index (κ3) is 5.61. The molecule has 1 rings (SSSR count). The quantitative estimate of drug-likeness (QED) is 0.767. The molecule has 1 aromatic rings. The van der Waals surface area contributed by atoms with E-state index in [0.717, 1.165) is 0 Å². The topological polar surface area (TPSA) is 78.8 Å². The lowest BCUT2D eigenvalue weighted by molar-refractivity contribution is 0.0109. The maximum atomic E-state index is 13.7. The van der Waals surface area contributed by atoms with Gasteiger partial charge in [-0.3, -0.25) is 0 Å². The third-order valence-corrected chi connectivity index (χ3v) is 3.21. The van der Waals surface area contributed by atoms with Crippen molar-refractivity contribution >= 4 is 22.0 Å². The summed E-state index contributed by atoms with van der Waals surface area (Å²) in [6.07, 6.45) is -3.57. The summed E-state index contributed by atoms with van der Waals surface area (Å²) >= 11 is 3.11. The molecule has 0 aliphatic rings. The highest BCUT2D eigenvalue weighted by molar-refractivity contribution is 9.10. The number of aliphatic hydroxyl groups excluding tert-OH is 2. The summed E-state index contributed by atoms with van der Waals surface area (Å²) < 4.78 is 19.0. The van der Waals surface area contributed by atoms with E-state index in [1.54, 1.807) is 26.8 Å². The molecule has 0 aliphatic carbocycles. The minimum atomic E-state index is -1.48. The monoisotopic (exact) mass is 363 g/mol. The molecule has 118 valence electrons. The third-order valence-electron chi connectivity index (χ3n) is 2.51. The van der Waals surface area contributed by atoms with Gasteiger partial charge in [0.1, 0.15) is 23.6 Å². The molecule has 3 N–H and O–H groups in total. The number of amides is 1. The van der Waals surface area contributed by atoms with Gasteiger partial charge in [0.25, 0.3) is 0 Å². The van der Waals surface area contributed by atoms with Crippen molar-refractivity contribution in [2.24, 2.45) is 0 Å². The second-order valence-corrected chi connectivity index (χ2v) is 6.38. The lowest BCUT2D eigenvalue weighted by atomic mass is 10.0. The number of hydrogen-bond donors (Lipinski definition) is 3. The molecule has 0 saturated heterocycles. The van der Waals surface area contributed by atoms with Crippen molar-refractivity contribution in [1.82, 2.24) is 5.32 Å². The summed E-state index contributed by atoms with van der Waals surface area (Å²) in [5, 5.41) is 22.2. The first-order chi connectivity index (χ1) is 9.61. The summed E-state index contributed by atoms with van der Waals surface area (Å²) in [4.78, 5) is 11.4. The number of benzene rings is 1. The second-order valence-electron chi connectivity index (χ2n) is 5.53. The molecule has 5 nitrogen and oxygen atoms in total. The van der Waals surface area contributed by atoms with Gasteiger partial charge in [0.2, 0.25) is 0 Å². The van der Waals surface area contributed by atoms with Gasteiger partial charge in [0, 0.05) is 16.6 Å². The molecule has 0 aliphatic heterocycles. The first kappa shape index (κ1) is 17.9. The van der Waals surface area contributed by atoms with Crippen LogP contribution in [0.5, 0.6) is 0 Å². The minimum absolute atomic E-state index is 0.0593. The molecule has 2 atom stereocenters. The summed E-state index contributed by atoms with van der Waals surface area (Å²) in [6, 6.07) is 4.20. The standard InChI is InChI=1S/C14H19BrFNO4/c1-14(2,3)21-13(20)17-7-10(18)12(19)11-8(15)5-4-6-9(11)16/h4-6,10,12,18-19H,7H2,1-3H3,(H,17,20). The molecule has 7 heteroatoms. The van der Waals surface area contributed by atoms with Gasteiger partial charge >= 0.3 is 6.09 Å². The molecule has 0 aromatic heterocycles. The van der Waals surface area contributed by atoms with Crippen LogP contribution < -0.4 is 5.32 Å². The van der Waals surface area contributed by atoms with E-state index in [0.29, 0.717) is 4.47 Å². The Morgan fingerprint density at radius 3 is 2.57 bits per heavy atom. The predicted octanol–water partition coefficient (Wildman–Crippen LogP) is 2.51. The van der Waals surface area contributed by atoms with E-state index in [-0.39, 0.29) is 12.1 Å². The lowest BCUT2D eigenvalue weighted by Gasteiger charge is -2.22. The Labute approximate surface area is 131 Å². The fourth-order valence-corrected chi connectivity index (χ4v) is 2.18. The Bertz CT molecular complexity index is 484. The average molecular weight is 364 g/mol. The van der Waals surface area contributed by atoms with Crippen LogP contribution in [-0.4, -0.2) is 34.6 Å². The summed E-state index contributed by atoms with van der Waals surface area (Å²) in [5.74, 6) is -0.645. The number of nitrogens with one attached hydrogen (secondary N) is 1. The summed E-state index contributed by atoms with van der Waals surface area (Å²) in [7, 11) is 0. The van der Waals surface area contributed by atoms with Crippen molar-refractivity contribution in [2.75, 3.05) is 6.54 Å². The first-order valence-electron chi connectivity index (χ1n) is 6.38. The number of carbonyl (C=O) groups is 1. The zero-order chi connectivity index (χ0) is 16.2. The van der Waals surface area contributed by atoms with Crippen LogP contribution in [0.25, 0.3) is 0 Å². The molecular formula is C14H19BrFNO4. The van der Waals surface area contributed by atoms with E-state index in [1.807, 2.05) is 0 Å². The number of ether oxygens (including phenoxy) is 1. The van der Waals surface area contributed by atoms with Crippen molar-refractivity contribution < 1.29 is 24.1 Å². The molecular weight excluding hydrogens is 345 g/mol. The fraction of sp³-hybridized carbons (Fsp3) is 0.500. The van der Waals surface area contributed by atoms with Gasteiger partial charge in [0.05, 0.1) is 0 Å². The van der Waals surface area contributed by atoms with Crippen molar-refractivity contribution in [2.45, 2.75) is 38.6 Å². The van der Waals surface area contributed by atoms with E-state index in [2.05, 4.69) is 21.2 Å². The predicted molar refractivity (Wildman–Crippen MR) is 79.3 cm³/mol. The fourth-order valence-electron chi connectivity index (χ4n) is 1.60. The van der Waals surface area contributed by atoms with E-state index in [1.165, 1.54) is 12.1 Å². The Morgan fingerprint density at radius 1 is 1.43 bits per heavy atom. The zero-order valence-electron chi connectivity index (χ0n) is 12.1. The normalized spacial score (nSPS) is 14.4. The average Bonchev–Trinajstić information content (AvgIpc) is 2.33. The Balaban J connectivity index is 2.63. The van der Waals surface area contributed by atoms with Gasteiger partial charge in [0.15, 0.2) is 0 Å². The van der Waals surface area contributed by atoms with Crippen molar-refractivity contribution in [1.29, 1.82) is 0 Å². The molecule has 0 heterocycles. The molecule has 0 fully saturated rings. The molecule has 0 radical (unpaired) electrons. The smallest absolute Gasteiger partial charge is 0.407 e. The molecule has 2 unspecified atom stereocenters. The van der Waals surface area contributed by atoms with Crippen molar-refractivity contribution in [3.63, 3.8) is 0 Å². The van der Waals surface area contributed by atoms with Crippen LogP contribution in [0.2, 0.25) is 0 Å². The van der Waals surface area contributed by atoms with Crippen LogP contribution in [0.3, 0.4) is 0 Å². The molecule has 21 heavy (non-hydrogen) atoms. The van der Waals surface area contributed by atoms with Gasteiger partial charge in [-0.25, -0.2) is 9.18 Å². The van der Waals surface area contributed by atoms with E-state index >= 15 is 0 Å². The highest BCUT2D eigenvalue weighted by Crippen LogP contribution is 2.28. The lowest BCUT2D eigenvalue weighted by Crippen LogP contribution is -2.39. The maximum absolute atomic E-state index is 13.7. The summed E-state index contributed by atoms with van der Waals surface area (Å²) in [6.45, 7) is 4.84. The Morgan fingerprint density at radius 2 is 2.05 bits per heavy atom. The SMILES string of the molecule is CC(C)(C)OC(=O)NCC(O)C(O)c1c(F)cccc1Br. The van der Waals surface area contributed by atoms with Crippen LogP contribution in [0.4, 0.5) is 9.18 Å². The van der Waals surface area contributed by atoms with Crippen LogP contribution >= 0.6 is 15.9 Å². The molecule has 1 amide bonds. The van der Waals surface area contributed by atoms with Gasteiger partial charge in [-0.05, 0) is 32.9 Å². The molecule has 0 bridgehead atoms. The largest absolute Gasteiger partial charge is 0.444 e.